The number of ether oxygens (including phenoxy) is 12. The Morgan fingerprint density at radius 3 is 0.738 bits per heavy atom. The Balaban J connectivity index is 2.84. The molecule has 0 spiro atoms. The van der Waals surface area contributed by atoms with Crippen molar-refractivity contribution in [2.24, 2.45) is 20.5 Å². The number of rotatable bonds is 50. The topological polar surface area (TPSA) is 351 Å². The third-order valence-electron chi connectivity index (χ3n) is 7.74. The van der Waals surface area contributed by atoms with Crippen LogP contribution in [0.1, 0.15) is 0 Å². The van der Waals surface area contributed by atoms with Crippen molar-refractivity contribution in [3.05, 3.63) is 47.1 Å². The molecular weight excluding hydrogens is 886 g/mol. The van der Waals surface area contributed by atoms with Gasteiger partial charge in [-0.3, -0.25) is 0 Å². The number of hydrogen-bond acceptors (Lipinski definition) is 21. The predicted octanol–water partition coefficient (Wildman–Crippen LogP) is 3.58. The summed E-state index contributed by atoms with van der Waals surface area (Å²) in [5.74, 6) is 0.625. The average Bonchev–Trinajstić information content (AvgIpc) is 3.31. The van der Waals surface area contributed by atoms with Crippen LogP contribution in [0.15, 0.2) is 20.5 Å². The van der Waals surface area contributed by atoms with Crippen LogP contribution in [0.4, 0.5) is 11.9 Å². The van der Waals surface area contributed by atoms with Crippen molar-refractivity contribution in [1.29, 1.82) is 0 Å². The van der Waals surface area contributed by atoms with Gasteiger partial charge in [0.05, 0.1) is 159 Å². The highest BCUT2D eigenvalue weighted by molar-refractivity contribution is 6.28. The standard InChI is InChI=1S/C35H64ClN17O12/c36-33-45-34(52(5-13-58-21-29-62-25-17-54-9-1-41-48-37)6-14-59-22-30-63-26-18-55-10-2-42-49-38)47-35(46-33)53(7-15-60-23-31-64-27-19-56-11-3-43-50-39)8-16-61-24-32-65-28-20-57-12-4-44-51-40/h1-32H2. The molecule has 30 heteroatoms. The van der Waals surface area contributed by atoms with Crippen LogP contribution in [0.5, 0.6) is 0 Å². The first-order chi connectivity index (χ1) is 32.2. The van der Waals surface area contributed by atoms with Gasteiger partial charge in [0.15, 0.2) is 0 Å². The van der Waals surface area contributed by atoms with Crippen molar-refractivity contribution in [3.8, 4) is 0 Å². The van der Waals surface area contributed by atoms with Crippen LogP contribution in [0.2, 0.25) is 5.28 Å². The van der Waals surface area contributed by atoms with Gasteiger partial charge in [-0.25, -0.2) is 0 Å². The molecule has 0 N–H and O–H groups in total. The molecule has 1 aromatic heterocycles. The summed E-state index contributed by atoms with van der Waals surface area (Å²) in [7, 11) is 0. The second kappa shape index (κ2) is 47.6. The number of azide groups is 4. The maximum absolute atomic E-state index is 8.34. The van der Waals surface area contributed by atoms with E-state index in [0.717, 1.165) is 0 Å². The van der Waals surface area contributed by atoms with Crippen LogP contribution in [0, 0.1) is 0 Å². The first kappa shape index (κ1) is 58.7. The molecule has 368 valence electrons. The minimum absolute atomic E-state index is 0.0149. The zero-order valence-corrected chi connectivity index (χ0v) is 37.8. The van der Waals surface area contributed by atoms with Gasteiger partial charge in [0.2, 0.25) is 17.2 Å². The number of anilines is 2. The minimum Gasteiger partial charge on any atom is -0.379 e. The van der Waals surface area contributed by atoms with Crippen molar-refractivity contribution < 1.29 is 56.8 Å². The van der Waals surface area contributed by atoms with E-state index >= 15 is 0 Å². The van der Waals surface area contributed by atoms with E-state index in [2.05, 4.69) is 50.1 Å². The van der Waals surface area contributed by atoms with Crippen LogP contribution in [0.3, 0.4) is 0 Å². The van der Waals surface area contributed by atoms with Crippen molar-refractivity contribution in [2.45, 2.75) is 0 Å². The quantitative estimate of drug-likeness (QED) is 0.0390. The zero-order valence-electron chi connectivity index (χ0n) is 37.0. The fraction of sp³-hybridized carbons (Fsp3) is 0.914. The molecule has 0 aliphatic carbocycles. The number of halogens is 1. The van der Waals surface area contributed by atoms with Crippen molar-refractivity contribution in [3.63, 3.8) is 0 Å². The van der Waals surface area contributed by atoms with Crippen LogP contribution < -0.4 is 9.80 Å². The lowest BCUT2D eigenvalue weighted by Gasteiger charge is -2.26. The van der Waals surface area contributed by atoms with Crippen molar-refractivity contribution >= 4 is 23.5 Å². The fourth-order valence-corrected chi connectivity index (χ4v) is 4.85. The molecule has 65 heavy (non-hydrogen) atoms. The normalized spacial score (nSPS) is 10.8. The highest BCUT2D eigenvalue weighted by atomic mass is 35.5. The summed E-state index contributed by atoms with van der Waals surface area (Å²) in [5.41, 5.74) is 33.3. The maximum atomic E-state index is 8.34. The van der Waals surface area contributed by atoms with Gasteiger partial charge in [-0.1, -0.05) is 20.5 Å². The predicted molar refractivity (Wildman–Crippen MR) is 235 cm³/mol. The number of aromatic nitrogens is 3. The van der Waals surface area contributed by atoms with Gasteiger partial charge in [-0.05, 0) is 33.7 Å². The van der Waals surface area contributed by atoms with E-state index in [1.165, 1.54) is 0 Å². The third kappa shape index (κ3) is 38.6. The Morgan fingerprint density at radius 1 is 0.323 bits per heavy atom. The summed E-state index contributed by atoms with van der Waals surface area (Å²) < 4.78 is 67.0. The summed E-state index contributed by atoms with van der Waals surface area (Å²) in [5, 5.41) is 13.6. The molecule has 0 saturated heterocycles. The molecule has 0 saturated carbocycles. The summed E-state index contributed by atoms with van der Waals surface area (Å²) in [4.78, 5) is 28.2. The molecule has 0 bridgehead atoms. The molecule has 1 heterocycles. The van der Waals surface area contributed by atoms with Crippen LogP contribution in [0.25, 0.3) is 41.8 Å². The van der Waals surface area contributed by atoms with E-state index in [1.807, 2.05) is 9.80 Å². The summed E-state index contributed by atoms with van der Waals surface area (Å²) in [6.45, 7) is 10.8. The van der Waals surface area contributed by atoms with E-state index in [1.54, 1.807) is 0 Å². The van der Waals surface area contributed by atoms with Gasteiger partial charge in [-0.2, -0.15) is 15.0 Å². The molecule has 0 unspecified atom stereocenters. The van der Waals surface area contributed by atoms with Gasteiger partial charge in [-0.15, -0.1) is 0 Å². The van der Waals surface area contributed by atoms with Gasteiger partial charge < -0.3 is 66.6 Å². The minimum atomic E-state index is -0.0149. The lowest BCUT2D eigenvalue weighted by atomic mass is 10.5. The molecule has 0 aromatic carbocycles. The van der Waals surface area contributed by atoms with E-state index < -0.39 is 0 Å². The molecule has 0 radical (unpaired) electrons. The Kier molecular flexibility index (Phi) is 43.0. The second-order valence-electron chi connectivity index (χ2n) is 12.3. The molecule has 0 fully saturated rings. The van der Waals surface area contributed by atoms with Gasteiger partial charge in [0.25, 0.3) is 0 Å². The first-order valence-electron chi connectivity index (χ1n) is 21.0. The monoisotopic (exact) mass is 949 g/mol. The molecule has 0 atom stereocenters. The smallest absolute Gasteiger partial charge is 0.231 e. The third-order valence-corrected chi connectivity index (χ3v) is 7.91. The molecule has 29 nitrogen and oxygen atoms in total. The molecule has 1 rings (SSSR count). The SMILES string of the molecule is [N-]=[N+]=NCCOCCOCCOCCN(CCOCCOCCOCCN=[N+]=[N-])c1nc(Cl)nc(N(CCOCCOCCOCCN=[N+]=[N-])CCOCCOCCOCCN=[N+]=[N-])n1. The summed E-state index contributed by atoms with van der Waals surface area (Å²) in [6, 6.07) is 0. The highest BCUT2D eigenvalue weighted by Crippen LogP contribution is 2.17. The summed E-state index contributed by atoms with van der Waals surface area (Å²) in [6.07, 6.45) is 0. The Morgan fingerprint density at radius 2 is 0.523 bits per heavy atom. The van der Waals surface area contributed by atoms with E-state index in [0.29, 0.717) is 197 Å². The summed E-state index contributed by atoms with van der Waals surface area (Å²) >= 11 is 6.53. The number of hydrogen-bond donors (Lipinski definition) is 0. The largest absolute Gasteiger partial charge is 0.379 e. The fourth-order valence-electron chi connectivity index (χ4n) is 4.70. The second-order valence-corrected chi connectivity index (χ2v) is 12.7. The maximum Gasteiger partial charge on any atom is 0.231 e. The Bertz CT molecular complexity index is 1300. The van der Waals surface area contributed by atoms with Crippen LogP contribution in [-0.4, -0.2) is 226 Å². The Labute approximate surface area is 382 Å². The zero-order chi connectivity index (χ0) is 46.8. The molecule has 0 amide bonds. The number of nitrogens with zero attached hydrogens (tertiary/aromatic N) is 17. The van der Waals surface area contributed by atoms with E-state index in [-0.39, 0.29) is 31.5 Å². The van der Waals surface area contributed by atoms with Gasteiger partial charge in [0, 0.05) is 72.0 Å². The highest BCUT2D eigenvalue weighted by Gasteiger charge is 2.18. The van der Waals surface area contributed by atoms with Crippen LogP contribution in [-0.2, 0) is 56.8 Å². The lowest BCUT2D eigenvalue weighted by molar-refractivity contribution is 0.0148. The van der Waals surface area contributed by atoms with E-state index in [4.69, 9.17) is 95.6 Å². The lowest BCUT2D eigenvalue weighted by Crippen LogP contribution is -2.36. The molecule has 0 aliphatic heterocycles. The van der Waals surface area contributed by atoms with Crippen LogP contribution >= 0.6 is 11.6 Å². The molecular formula is C35H64ClN17O12. The average molecular weight is 950 g/mol. The molecule has 0 aliphatic rings. The van der Waals surface area contributed by atoms with Crippen molar-refractivity contribution in [2.75, 3.05) is 221 Å². The van der Waals surface area contributed by atoms with Gasteiger partial charge in [0.1, 0.15) is 0 Å². The first-order valence-corrected chi connectivity index (χ1v) is 21.4. The molecule has 1 aromatic rings. The van der Waals surface area contributed by atoms with Crippen molar-refractivity contribution in [1.82, 2.24) is 15.0 Å². The Hall–Kier alpha value is -4.34. The van der Waals surface area contributed by atoms with Gasteiger partial charge >= 0.3 is 0 Å². The van der Waals surface area contributed by atoms with E-state index in [9.17, 15) is 0 Å².